The van der Waals surface area contributed by atoms with Gasteiger partial charge in [0.15, 0.2) is 5.65 Å². The van der Waals surface area contributed by atoms with Gasteiger partial charge in [-0.1, -0.05) is 0 Å². The van der Waals surface area contributed by atoms with Crippen LogP contribution in [0.2, 0.25) is 0 Å². The third-order valence-corrected chi connectivity index (χ3v) is 6.18. The second kappa shape index (κ2) is 9.32. The van der Waals surface area contributed by atoms with Crippen molar-refractivity contribution in [2.24, 2.45) is 5.92 Å². The molecule has 4 heterocycles. The zero-order valence-corrected chi connectivity index (χ0v) is 17.9. The third kappa shape index (κ3) is 4.95. The Morgan fingerprint density at radius 1 is 1.23 bits per heavy atom. The van der Waals surface area contributed by atoms with Crippen molar-refractivity contribution in [1.82, 2.24) is 24.7 Å². The van der Waals surface area contributed by atoms with E-state index in [1.807, 2.05) is 48.6 Å². The van der Waals surface area contributed by atoms with Gasteiger partial charge < -0.3 is 19.8 Å². The number of carbonyl (C=O) groups is 2. The molecular weight excluding hydrogens is 394 g/mol. The molecule has 0 radical (unpaired) electrons. The van der Waals surface area contributed by atoms with Crippen molar-refractivity contribution < 1.29 is 14.7 Å². The Morgan fingerprint density at radius 3 is 2.87 bits per heavy atom. The number of carboxylic acids is 1. The number of carbonyl (C=O) groups excluding carboxylic acids is 1. The van der Waals surface area contributed by atoms with E-state index < -0.39 is 12.1 Å². The number of aromatic nitrogens is 2. The number of amides is 1. The van der Waals surface area contributed by atoms with Gasteiger partial charge in [0.2, 0.25) is 5.91 Å². The van der Waals surface area contributed by atoms with Crippen molar-refractivity contribution >= 4 is 22.9 Å². The van der Waals surface area contributed by atoms with Gasteiger partial charge in [0, 0.05) is 62.3 Å². The molecular formula is C23H29N5O3. The first-order valence-electron chi connectivity index (χ1n) is 10.9. The van der Waals surface area contributed by atoms with Crippen LogP contribution in [0.25, 0.3) is 11.0 Å². The fourth-order valence-electron chi connectivity index (χ4n) is 4.42. The summed E-state index contributed by atoms with van der Waals surface area (Å²) in [4.78, 5) is 39.3. The first kappa shape index (κ1) is 21.1. The van der Waals surface area contributed by atoms with E-state index in [1.54, 1.807) is 11.1 Å². The Bertz CT molecular complexity index is 979. The van der Waals surface area contributed by atoms with Gasteiger partial charge in [0.05, 0.1) is 6.42 Å². The number of fused-ring (bicyclic) bond motifs is 1. The normalized spacial score (nSPS) is 20.0. The first-order chi connectivity index (χ1) is 15.0. The minimum atomic E-state index is -0.885. The number of nitrogens with zero attached hydrogens (tertiary/aromatic N) is 5. The van der Waals surface area contributed by atoms with E-state index >= 15 is 0 Å². The summed E-state index contributed by atoms with van der Waals surface area (Å²) in [6, 6.07) is 7.95. The first-order valence-corrected chi connectivity index (χ1v) is 10.9. The van der Waals surface area contributed by atoms with Gasteiger partial charge in [-0.2, -0.15) is 0 Å². The fraction of sp³-hybridized carbons (Fsp3) is 0.478. The minimum absolute atomic E-state index is 0.0497. The molecule has 0 saturated carbocycles. The molecule has 2 unspecified atom stereocenters. The van der Waals surface area contributed by atoms with Crippen LogP contribution in [0.15, 0.2) is 42.9 Å². The summed E-state index contributed by atoms with van der Waals surface area (Å²) in [7, 11) is 1.98. The molecule has 1 fully saturated rings. The summed E-state index contributed by atoms with van der Waals surface area (Å²) in [5.74, 6) is -0.859. The van der Waals surface area contributed by atoms with E-state index in [-0.39, 0.29) is 18.2 Å². The number of carboxylic acid groups (broad SMARTS) is 1. The topological polar surface area (TPSA) is 89.9 Å². The van der Waals surface area contributed by atoms with Crippen molar-refractivity contribution in [2.75, 3.05) is 26.7 Å². The molecule has 0 aliphatic carbocycles. The van der Waals surface area contributed by atoms with Crippen LogP contribution >= 0.6 is 0 Å². The lowest BCUT2D eigenvalue weighted by molar-refractivity contribution is -0.143. The predicted molar refractivity (Wildman–Crippen MR) is 117 cm³/mol. The molecule has 1 saturated heterocycles. The number of rotatable bonds is 8. The molecule has 2 aliphatic rings. The molecule has 0 aromatic carbocycles. The number of likely N-dealkylation sites (tertiary alicyclic amines) is 1. The quantitative estimate of drug-likeness (QED) is 0.697. The van der Waals surface area contributed by atoms with Gasteiger partial charge in [-0.3, -0.25) is 9.59 Å². The summed E-state index contributed by atoms with van der Waals surface area (Å²) >= 11 is 0. The van der Waals surface area contributed by atoms with Crippen LogP contribution in [-0.4, -0.2) is 74.5 Å². The summed E-state index contributed by atoms with van der Waals surface area (Å²) < 4.78 is 0. The Labute approximate surface area is 182 Å². The number of hydrogen-bond acceptors (Lipinski definition) is 6. The highest BCUT2D eigenvalue weighted by Crippen LogP contribution is 2.28. The molecule has 8 nitrogen and oxygen atoms in total. The minimum Gasteiger partial charge on any atom is -0.481 e. The van der Waals surface area contributed by atoms with E-state index in [9.17, 15) is 14.7 Å². The van der Waals surface area contributed by atoms with Crippen molar-refractivity contribution in [2.45, 2.75) is 38.3 Å². The van der Waals surface area contributed by atoms with E-state index in [2.05, 4.69) is 14.9 Å². The number of hydrogen-bond donors (Lipinski definition) is 1. The summed E-state index contributed by atoms with van der Waals surface area (Å²) in [6.45, 7) is 2.13. The third-order valence-electron chi connectivity index (χ3n) is 6.18. The van der Waals surface area contributed by atoms with Crippen LogP contribution in [0.1, 0.15) is 31.4 Å². The maximum absolute atomic E-state index is 13.1. The Kier molecular flexibility index (Phi) is 6.34. The van der Waals surface area contributed by atoms with Crippen molar-refractivity contribution in [3.63, 3.8) is 0 Å². The molecule has 164 valence electrons. The van der Waals surface area contributed by atoms with E-state index in [0.29, 0.717) is 13.1 Å². The monoisotopic (exact) mass is 423 g/mol. The highest BCUT2D eigenvalue weighted by atomic mass is 16.4. The largest absolute Gasteiger partial charge is 0.481 e. The lowest BCUT2D eigenvalue weighted by Crippen LogP contribution is -2.51. The highest BCUT2D eigenvalue weighted by molar-refractivity contribution is 5.82. The summed E-state index contributed by atoms with van der Waals surface area (Å²) in [5.41, 5.74) is 1.74. The summed E-state index contributed by atoms with van der Waals surface area (Å²) in [6.07, 6.45) is 8.32. The van der Waals surface area contributed by atoms with Gasteiger partial charge in [-0.05, 0) is 49.9 Å². The molecule has 2 atom stereocenters. The number of aliphatic carboxylic acids is 1. The smallest absolute Gasteiger partial charge is 0.307 e. The van der Waals surface area contributed by atoms with Gasteiger partial charge >= 0.3 is 5.97 Å². The van der Waals surface area contributed by atoms with Gasteiger partial charge in [-0.25, -0.2) is 9.97 Å². The van der Waals surface area contributed by atoms with Crippen LogP contribution in [0.3, 0.4) is 0 Å². The standard InChI is InChI=1S/C23H29N5O3/c1-26-12-14-27(15-13-26)20(16-21(29)30)28-11-9-18(23(28)31)4-2-6-19-8-7-17-5-3-10-24-22(17)25-19/h3,5,7-8,10,12,14,18,20H,2,4,6,9,11,13,15-16H2,1H3,(H,29,30). The Morgan fingerprint density at radius 2 is 2.10 bits per heavy atom. The molecule has 31 heavy (non-hydrogen) atoms. The lowest BCUT2D eigenvalue weighted by Gasteiger charge is -2.39. The molecule has 2 aromatic rings. The Hall–Kier alpha value is -3.16. The maximum Gasteiger partial charge on any atom is 0.307 e. The SMILES string of the molecule is CN1C=CN(C(CC(=O)O)N2CCC(CCCc3ccc4cccnc4n3)C2=O)CC1. The molecule has 1 amide bonds. The van der Waals surface area contributed by atoms with Crippen LogP contribution in [0, 0.1) is 5.92 Å². The zero-order valence-electron chi connectivity index (χ0n) is 17.9. The van der Waals surface area contributed by atoms with Crippen LogP contribution in [0.4, 0.5) is 0 Å². The van der Waals surface area contributed by atoms with E-state index in [1.165, 1.54) is 0 Å². The average molecular weight is 424 g/mol. The molecule has 0 bridgehead atoms. The molecule has 1 N–H and O–H groups in total. The molecule has 0 spiro atoms. The molecule has 2 aromatic heterocycles. The van der Waals surface area contributed by atoms with Crippen molar-refractivity contribution in [1.29, 1.82) is 0 Å². The molecule has 8 heteroatoms. The Balaban J connectivity index is 1.35. The van der Waals surface area contributed by atoms with E-state index in [0.717, 1.165) is 49.0 Å². The van der Waals surface area contributed by atoms with Gasteiger partial charge in [0.25, 0.3) is 0 Å². The van der Waals surface area contributed by atoms with Gasteiger partial charge in [0.1, 0.15) is 6.17 Å². The zero-order chi connectivity index (χ0) is 21.8. The second-order valence-electron chi connectivity index (χ2n) is 8.36. The van der Waals surface area contributed by atoms with E-state index in [4.69, 9.17) is 0 Å². The molecule has 2 aliphatic heterocycles. The van der Waals surface area contributed by atoms with Crippen LogP contribution < -0.4 is 0 Å². The van der Waals surface area contributed by atoms with Crippen LogP contribution in [-0.2, 0) is 16.0 Å². The second-order valence-corrected chi connectivity index (χ2v) is 8.36. The lowest BCUT2D eigenvalue weighted by atomic mass is 9.99. The van der Waals surface area contributed by atoms with Crippen molar-refractivity contribution in [3.8, 4) is 0 Å². The predicted octanol–water partition coefficient (Wildman–Crippen LogP) is 2.32. The summed E-state index contributed by atoms with van der Waals surface area (Å²) in [5, 5.41) is 10.4. The molecule has 4 rings (SSSR count). The van der Waals surface area contributed by atoms with Gasteiger partial charge in [-0.15, -0.1) is 0 Å². The highest BCUT2D eigenvalue weighted by Gasteiger charge is 2.38. The van der Waals surface area contributed by atoms with Crippen molar-refractivity contribution in [3.05, 3.63) is 48.6 Å². The van der Waals surface area contributed by atoms with Crippen LogP contribution in [0.5, 0.6) is 0 Å². The maximum atomic E-state index is 13.1. The number of pyridine rings is 2. The number of aryl methyl sites for hydroxylation is 1. The number of likely N-dealkylation sites (N-methyl/N-ethyl adjacent to an activating group) is 1. The fourth-order valence-corrected chi connectivity index (χ4v) is 4.42. The average Bonchev–Trinajstić information content (AvgIpc) is 3.13.